The van der Waals surface area contributed by atoms with Gasteiger partial charge in [-0.05, 0) is 49.9 Å². The van der Waals surface area contributed by atoms with Crippen molar-refractivity contribution in [1.29, 1.82) is 0 Å². The first-order valence-electron chi connectivity index (χ1n) is 9.63. The lowest BCUT2D eigenvalue weighted by molar-refractivity contribution is 0.0710. The minimum Gasteiger partial charge on any atom is -0.338 e. The molecule has 0 atom stereocenters. The largest absolute Gasteiger partial charge is 0.338 e. The molecule has 2 aromatic heterocycles. The van der Waals surface area contributed by atoms with Gasteiger partial charge in [-0.2, -0.15) is 5.10 Å². The average molecular weight is 376 g/mol. The molecule has 0 unspecified atom stereocenters. The summed E-state index contributed by atoms with van der Waals surface area (Å²) in [6.45, 7) is 5.16. The van der Waals surface area contributed by atoms with Gasteiger partial charge in [0.2, 0.25) is 0 Å². The van der Waals surface area contributed by atoms with E-state index in [4.69, 9.17) is 0 Å². The molecule has 1 fully saturated rings. The summed E-state index contributed by atoms with van der Waals surface area (Å²) >= 11 is 0. The van der Waals surface area contributed by atoms with Crippen LogP contribution in [-0.2, 0) is 0 Å². The molecule has 0 radical (unpaired) electrons. The van der Waals surface area contributed by atoms with Gasteiger partial charge in [-0.3, -0.25) is 14.7 Å². The fourth-order valence-corrected chi connectivity index (χ4v) is 3.98. The van der Waals surface area contributed by atoms with Crippen LogP contribution >= 0.6 is 0 Å². The molecule has 6 heteroatoms. The quantitative estimate of drug-likeness (QED) is 0.735. The Morgan fingerprint density at radius 2 is 1.82 bits per heavy atom. The van der Waals surface area contributed by atoms with E-state index in [9.17, 15) is 9.59 Å². The Bertz CT molecular complexity index is 1060. The van der Waals surface area contributed by atoms with Gasteiger partial charge in [0.05, 0.1) is 6.20 Å². The molecule has 4 rings (SSSR count). The Hall–Kier alpha value is -3.15. The van der Waals surface area contributed by atoms with Gasteiger partial charge in [-0.25, -0.2) is 0 Å². The zero-order valence-corrected chi connectivity index (χ0v) is 16.2. The van der Waals surface area contributed by atoms with Crippen LogP contribution in [0.15, 0.2) is 47.4 Å². The lowest BCUT2D eigenvalue weighted by Gasteiger charge is -2.32. The molecule has 3 aromatic rings. The number of likely N-dealkylation sites (tertiary alicyclic amines) is 1. The molecular weight excluding hydrogens is 352 g/mol. The van der Waals surface area contributed by atoms with Crippen LogP contribution in [0.1, 0.15) is 46.1 Å². The number of aromatic nitrogens is 3. The smallest absolute Gasteiger partial charge is 0.260 e. The van der Waals surface area contributed by atoms with Gasteiger partial charge in [-0.1, -0.05) is 24.3 Å². The second-order valence-electron chi connectivity index (χ2n) is 7.46. The van der Waals surface area contributed by atoms with E-state index in [2.05, 4.69) is 34.2 Å². The second-order valence-corrected chi connectivity index (χ2v) is 7.46. The number of aryl methyl sites for hydroxylation is 2. The first-order valence-corrected chi connectivity index (χ1v) is 9.63. The maximum atomic E-state index is 12.7. The number of pyridine rings is 1. The van der Waals surface area contributed by atoms with Crippen LogP contribution in [0, 0.1) is 13.8 Å². The van der Waals surface area contributed by atoms with Crippen LogP contribution in [0.25, 0.3) is 11.1 Å². The molecule has 1 amide bonds. The Morgan fingerprint density at radius 1 is 1.07 bits per heavy atom. The fourth-order valence-electron chi connectivity index (χ4n) is 3.98. The molecule has 144 valence electrons. The van der Waals surface area contributed by atoms with Gasteiger partial charge in [0, 0.05) is 36.0 Å². The van der Waals surface area contributed by atoms with Crippen molar-refractivity contribution in [2.75, 3.05) is 13.1 Å². The molecule has 0 aliphatic carbocycles. The van der Waals surface area contributed by atoms with Crippen molar-refractivity contribution >= 4 is 5.91 Å². The minimum absolute atomic E-state index is 0.191. The number of aromatic amines is 2. The number of nitrogens with zero attached hydrogens (tertiary/aromatic N) is 2. The first kappa shape index (κ1) is 18.2. The maximum Gasteiger partial charge on any atom is 0.260 e. The van der Waals surface area contributed by atoms with Crippen LogP contribution in [0.3, 0.4) is 0 Å². The van der Waals surface area contributed by atoms with Crippen LogP contribution in [0.4, 0.5) is 0 Å². The Kier molecular flexibility index (Phi) is 4.86. The standard InChI is InChI=1S/C22H24N4O2/c1-14-5-3-4-6-17(14)19-13-23-25-20(19)16-9-11-26(12-10-16)22(28)18-8-7-15(2)24-21(18)27/h3-8,13,16H,9-12H2,1-2H3,(H,23,25)(H,24,27). The molecule has 28 heavy (non-hydrogen) atoms. The highest BCUT2D eigenvalue weighted by Gasteiger charge is 2.28. The molecule has 0 bridgehead atoms. The Balaban J connectivity index is 1.50. The number of H-pyrrole nitrogens is 2. The normalized spacial score (nSPS) is 15.0. The zero-order valence-electron chi connectivity index (χ0n) is 16.2. The van der Waals surface area contributed by atoms with Crippen LogP contribution in [-0.4, -0.2) is 39.1 Å². The molecule has 1 aliphatic heterocycles. The number of amides is 1. The summed E-state index contributed by atoms with van der Waals surface area (Å²) in [5.74, 6) is 0.126. The molecule has 3 heterocycles. The number of carbonyl (C=O) groups is 1. The van der Waals surface area contributed by atoms with E-state index >= 15 is 0 Å². The molecule has 2 N–H and O–H groups in total. The van der Waals surface area contributed by atoms with Gasteiger partial charge in [0.1, 0.15) is 5.56 Å². The van der Waals surface area contributed by atoms with Crippen molar-refractivity contribution in [2.45, 2.75) is 32.6 Å². The highest BCUT2D eigenvalue weighted by atomic mass is 16.2. The second kappa shape index (κ2) is 7.46. The number of carbonyl (C=O) groups excluding carboxylic acids is 1. The van der Waals surface area contributed by atoms with Crippen LogP contribution in [0.5, 0.6) is 0 Å². The van der Waals surface area contributed by atoms with Crippen molar-refractivity contribution < 1.29 is 4.79 Å². The lowest BCUT2D eigenvalue weighted by atomic mass is 9.88. The Morgan fingerprint density at radius 3 is 2.54 bits per heavy atom. The van der Waals surface area contributed by atoms with Gasteiger partial charge in [0.25, 0.3) is 11.5 Å². The third-order valence-electron chi connectivity index (χ3n) is 5.58. The molecule has 1 aliphatic rings. The van der Waals surface area contributed by atoms with E-state index in [0.29, 0.717) is 19.0 Å². The van der Waals surface area contributed by atoms with Crippen molar-refractivity contribution in [1.82, 2.24) is 20.1 Å². The van der Waals surface area contributed by atoms with E-state index in [0.717, 1.165) is 29.8 Å². The molecule has 0 saturated carbocycles. The SMILES string of the molecule is Cc1ccc(C(=O)N2CCC(c3[nH]ncc3-c3ccccc3C)CC2)c(=O)[nH]1. The van der Waals surface area contributed by atoms with E-state index in [1.807, 2.05) is 18.3 Å². The number of nitrogens with one attached hydrogen (secondary N) is 2. The van der Waals surface area contributed by atoms with Crippen molar-refractivity contribution in [3.8, 4) is 11.1 Å². The van der Waals surface area contributed by atoms with Crippen LogP contribution in [0.2, 0.25) is 0 Å². The maximum absolute atomic E-state index is 12.7. The summed E-state index contributed by atoms with van der Waals surface area (Å²) < 4.78 is 0. The summed E-state index contributed by atoms with van der Waals surface area (Å²) in [7, 11) is 0. The minimum atomic E-state index is -0.317. The topological polar surface area (TPSA) is 81.8 Å². The molecule has 1 saturated heterocycles. The van der Waals surface area contributed by atoms with Gasteiger partial charge >= 0.3 is 0 Å². The first-order chi connectivity index (χ1) is 13.5. The van der Waals surface area contributed by atoms with E-state index in [-0.39, 0.29) is 17.0 Å². The van der Waals surface area contributed by atoms with Crippen molar-refractivity contribution in [3.63, 3.8) is 0 Å². The van der Waals surface area contributed by atoms with Crippen LogP contribution < -0.4 is 5.56 Å². The van der Waals surface area contributed by atoms with E-state index in [1.54, 1.807) is 24.0 Å². The fraction of sp³-hybridized carbons (Fsp3) is 0.318. The molecule has 0 spiro atoms. The highest BCUT2D eigenvalue weighted by molar-refractivity contribution is 5.93. The van der Waals surface area contributed by atoms with E-state index < -0.39 is 0 Å². The number of rotatable bonds is 3. The predicted molar refractivity (Wildman–Crippen MR) is 108 cm³/mol. The molecular formula is C22H24N4O2. The number of piperidine rings is 1. The van der Waals surface area contributed by atoms with E-state index in [1.165, 1.54) is 11.1 Å². The lowest BCUT2D eigenvalue weighted by Crippen LogP contribution is -2.40. The Labute approximate surface area is 163 Å². The summed E-state index contributed by atoms with van der Waals surface area (Å²) in [6.07, 6.45) is 3.58. The zero-order chi connectivity index (χ0) is 19.7. The number of hydrogen-bond acceptors (Lipinski definition) is 3. The summed E-state index contributed by atoms with van der Waals surface area (Å²) in [6, 6.07) is 11.7. The summed E-state index contributed by atoms with van der Waals surface area (Å²) in [5, 5.41) is 7.47. The third-order valence-corrected chi connectivity index (χ3v) is 5.58. The third kappa shape index (κ3) is 3.38. The molecule has 1 aromatic carbocycles. The average Bonchev–Trinajstić information content (AvgIpc) is 3.17. The number of hydrogen-bond donors (Lipinski definition) is 2. The number of benzene rings is 1. The van der Waals surface area contributed by atoms with Gasteiger partial charge < -0.3 is 9.88 Å². The summed E-state index contributed by atoms with van der Waals surface area (Å²) in [5.41, 5.74) is 5.33. The summed E-state index contributed by atoms with van der Waals surface area (Å²) in [4.78, 5) is 29.3. The monoisotopic (exact) mass is 376 g/mol. The van der Waals surface area contributed by atoms with Gasteiger partial charge in [-0.15, -0.1) is 0 Å². The van der Waals surface area contributed by atoms with Gasteiger partial charge in [0.15, 0.2) is 0 Å². The van der Waals surface area contributed by atoms with Crippen molar-refractivity contribution in [3.05, 3.63) is 75.5 Å². The van der Waals surface area contributed by atoms with Crippen molar-refractivity contribution in [2.24, 2.45) is 0 Å². The predicted octanol–water partition coefficient (Wildman–Crippen LogP) is 3.40. The highest BCUT2D eigenvalue weighted by Crippen LogP contribution is 2.35. The molecule has 6 nitrogen and oxygen atoms in total.